The molecule has 90 valence electrons. The first-order chi connectivity index (χ1) is 6.83. The minimum atomic E-state index is 0.553. The van der Waals surface area contributed by atoms with Gasteiger partial charge in [0.1, 0.15) is 0 Å². The Morgan fingerprint density at radius 1 is 1.27 bits per heavy atom. The van der Waals surface area contributed by atoms with E-state index in [4.69, 9.17) is 0 Å². The molecule has 0 aromatic carbocycles. The number of hydrogen-bond donors (Lipinski definition) is 0. The van der Waals surface area contributed by atoms with Crippen LogP contribution in [0.1, 0.15) is 48.0 Å². The molecule has 1 aliphatic rings. The first-order valence-electron chi connectivity index (χ1n) is 6.55. The molecule has 1 nitrogen and oxygen atoms in total. The van der Waals surface area contributed by atoms with Crippen molar-refractivity contribution in [3.05, 3.63) is 0 Å². The zero-order chi connectivity index (χ0) is 11.6. The van der Waals surface area contributed by atoms with Crippen molar-refractivity contribution in [2.45, 2.75) is 48.0 Å². The summed E-state index contributed by atoms with van der Waals surface area (Å²) < 4.78 is 0. The molecule has 0 saturated carbocycles. The zero-order valence-corrected chi connectivity index (χ0v) is 11.5. The summed E-state index contributed by atoms with van der Waals surface area (Å²) >= 11 is 0. The number of likely N-dealkylation sites (tertiary alicyclic amines) is 1. The topological polar surface area (TPSA) is 3.24 Å². The average molecular weight is 211 g/mol. The summed E-state index contributed by atoms with van der Waals surface area (Å²) in [6.45, 7) is 18.2. The molecule has 1 rings (SSSR count). The summed E-state index contributed by atoms with van der Waals surface area (Å²) in [5.41, 5.74) is 0.553. The van der Waals surface area contributed by atoms with Gasteiger partial charge in [-0.2, -0.15) is 0 Å². The second-order valence-electron chi connectivity index (χ2n) is 6.62. The van der Waals surface area contributed by atoms with Crippen molar-refractivity contribution in [1.82, 2.24) is 4.90 Å². The average Bonchev–Trinajstić information content (AvgIpc) is 2.12. The van der Waals surface area contributed by atoms with Gasteiger partial charge < -0.3 is 4.90 Å². The molecule has 0 amide bonds. The molecule has 2 unspecified atom stereocenters. The third kappa shape index (κ3) is 3.48. The molecule has 2 atom stereocenters. The lowest BCUT2D eigenvalue weighted by Gasteiger charge is -2.43. The van der Waals surface area contributed by atoms with E-state index in [2.05, 4.69) is 46.4 Å². The van der Waals surface area contributed by atoms with E-state index in [1.54, 1.807) is 0 Å². The molecule has 1 saturated heterocycles. The Morgan fingerprint density at radius 3 is 2.33 bits per heavy atom. The molecule has 1 heteroatoms. The second kappa shape index (κ2) is 4.86. The molecular formula is C14H29N. The summed E-state index contributed by atoms with van der Waals surface area (Å²) in [4.78, 5) is 2.67. The lowest BCUT2D eigenvalue weighted by atomic mass is 9.74. The first-order valence-corrected chi connectivity index (χ1v) is 6.55. The molecule has 0 spiro atoms. The summed E-state index contributed by atoms with van der Waals surface area (Å²) in [5, 5.41) is 0. The number of hydrogen-bond acceptors (Lipinski definition) is 1. The second-order valence-corrected chi connectivity index (χ2v) is 6.62. The fourth-order valence-electron chi connectivity index (χ4n) is 2.20. The Hall–Kier alpha value is -0.0400. The predicted octanol–water partition coefficient (Wildman–Crippen LogP) is 3.65. The highest BCUT2D eigenvalue weighted by Gasteiger charge is 2.32. The summed E-state index contributed by atoms with van der Waals surface area (Å²) in [6.07, 6.45) is 1.36. The van der Waals surface area contributed by atoms with E-state index < -0.39 is 0 Å². The van der Waals surface area contributed by atoms with Crippen molar-refractivity contribution in [2.24, 2.45) is 23.2 Å². The van der Waals surface area contributed by atoms with Crippen LogP contribution in [-0.4, -0.2) is 24.5 Å². The third-order valence-corrected chi connectivity index (χ3v) is 4.62. The minimum absolute atomic E-state index is 0.553. The van der Waals surface area contributed by atoms with Gasteiger partial charge >= 0.3 is 0 Å². The van der Waals surface area contributed by atoms with Gasteiger partial charge in [-0.3, -0.25) is 0 Å². The molecule has 0 bridgehead atoms. The van der Waals surface area contributed by atoms with Crippen molar-refractivity contribution in [1.29, 1.82) is 0 Å². The van der Waals surface area contributed by atoms with Crippen LogP contribution in [0, 0.1) is 23.2 Å². The number of piperidine rings is 1. The van der Waals surface area contributed by atoms with Gasteiger partial charge in [0.2, 0.25) is 0 Å². The molecule has 1 heterocycles. The highest BCUT2D eigenvalue weighted by atomic mass is 15.1. The SMILES string of the molecule is CC(C)C(C)CN1CCC(C)(C)C(C)C1. The molecule has 15 heavy (non-hydrogen) atoms. The Kier molecular flexibility index (Phi) is 4.22. The van der Waals surface area contributed by atoms with Crippen LogP contribution < -0.4 is 0 Å². The Bertz CT molecular complexity index is 194. The van der Waals surface area contributed by atoms with Crippen molar-refractivity contribution in [3.8, 4) is 0 Å². The summed E-state index contributed by atoms with van der Waals surface area (Å²) in [5.74, 6) is 2.49. The van der Waals surface area contributed by atoms with E-state index in [0.717, 1.165) is 17.8 Å². The van der Waals surface area contributed by atoms with Crippen LogP contribution in [0.15, 0.2) is 0 Å². The van der Waals surface area contributed by atoms with Crippen molar-refractivity contribution < 1.29 is 0 Å². The van der Waals surface area contributed by atoms with E-state index in [9.17, 15) is 0 Å². The highest BCUT2D eigenvalue weighted by Crippen LogP contribution is 2.35. The Morgan fingerprint density at radius 2 is 1.87 bits per heavy atom. The fourth-order valence-corrected chi connectivity index (χ4v) is 2.20. The van der Waals surface area contributed by atoms with E-state index in [1.807, 2.05) is 0 Å². The molecule has 1 fully saturated rings. The van der Waals surface area contributed by atoms with Crippen molar-refractivity contribution in [2.75, 3.05) is 19.6 Å². The van der Waals surface area contributed by atoms with Crippen molar-refractivity contribution in [3.63, 3.8) is 0 Å². The van der Waals surface area contributed by atoms with E-state index in [-0.39, 0.29) is 0 Å². The number of rotatable bonds is 3. The van der Waals surface area contributed by atoms with Gasteiger partial charge in [0.05, 0.1) is 0 Å². The Labute approximate surface area is 96.2 Å². The summed E-state index contributed by atoms with van der Waals surface area (Å²) in [7, 11) is 0. The molecule has 0 radical (unpaired) electrons. The standard InChI is InChI=1S/C14H29N/c1-11(2)12(3)9-15-8-7-14(5,6)13(4)10-15/h11-13H,7-10H2,1-6H3. The monoisotopic (exact) mass is 211 g/mol. The maximum Gasteiger partial charge on any atom is 0.00122 e. The molecule has 0 aliphatic carbocycles. The summed E-state index contributed by atoms with van der Waals surface area (Å²) in [6, 6.07) is 0. The predicted molar refractivity (Wildman–Crippen MR) is 68.0 cm³/mol. The van der Waals surface area contributed by atoms with Crippen LogP contribution in [0.4, 0.5) is 0 Å². The molecular weight excluding hydrogens is 182 g/mol. The van der Waals surface area contributed by atoms with Gasteiger partial charge in [0, 0.05) is 13.1 Å². The van der Waals surface area contributed by atoms with E-state index in [1.165, 1.54) is 26.1 Å². The minimum Gasteiger partial charge on any atom is -0.303 e. The largest absolute Gasteiger partial charge is 0.303 e. The molecule has 0 N–H and O–H groups in total. The van der Waals surface area contributed by atoms with Gasteiger partial charge in [0.25, 0.3) is 0 Å². The van der Waals surface area contributed by atoms with Crippen LogP contribution in [0.25, 0.3) is 0 Å². The lowest BCUT2D eigenvalue weighted by molar-refractivity contribution is 0.0577. The maximum absolute atomic E-state index is 2.67. The van der Waals surface area contributed by atoms with Crippen LogP contribution in [0.5, 0.6) is 0 Å². The van der Waals surface area contributed by atoms with Gasteiger partial charge in [-0.15, -0.1) is 0 Å². The maximum atomic E-state index is 2.67. The smallest absolute Gasteiger partial charge is 0.00122 e. The highest BCUT2D eigenvalue weighted by molar-refractivity contribution is 4.84. The third-order valence-electron chi connectivity index (χ3n) is 4.62. The van der Waals surface area contributed by atoms with Gasteiger partial charge in [-0.1, -0.05) is 41.5 Å². The number of nitrogens with zero attached hydrogens (tertiary/aromatic N) is 1. The van der Waals surface area contributed by atoms with Gasteiger partial charge in [-0.05, 0) is 36.1 Å². The first kappa shape index (κ1) is 13.0. The quantitative estimate of drug-likeness (QED) is 0.689. The fraction of sp³-hybridized carbons (Fsp3) is 1.00. The molecule has 0 aromatic heterocycles. The normalized spacial score (nSPS) is 29.4. The van der Waals surface area contributed by atoms with Crippen LogP contribution in [-0.2, 0) is 0 Å². The van der Waals surface area contributed by atoms with E-state index in [0.29, 0.717) is 5.41 Å². The lowest BCUT2D eigenvalue weighted by Crippen LogP contribution is -2.45. The van der Waals surface area contributed by atoms with Gasteiger partial charge in [-0.25, -0.2) is 0 Å². The zero-order valence-electron chi connectivity index (χ0n) is 11.5. The molecule has 0 aromatic rings. The van der Waals surface area contributed by atoms with Crippen LogP contribution >= 0.6 is 0 Å². The molecule has 1 aliphatic heterocycles. The van der Waals surface area contributed by atoms with Crippen LogP contribution in [0.2, 0.25) is 0 Å². The van der Waals surface area contributed by atoms with Crippen LogP contribution in [0.3, 0.4) is 0 Å². The Balaban J connectivity index is 2.42. The van der Waals surface area contributed by atoms with E-state index >= 15 is 0 Å². The van der Waals surface area contributed by atoms with Crippen molar-refractivity contribution >= 4 is 0 Å². The van der Waals surface area contributed by atoms with Gasteiger partial charge in [0.15, 0.2) is 0 Å².